The lowest BCUT2D eigenvalue weighted by Gasteiger charge is -2.19. The smallest absolute Gasteiger partial charge is 0.194 e. The minimum Gasteiger partial charge on any atom is -0.289 e. The molecule has 4 aromatic rings. The van der Waals surface area contributed by atoms with E-state index in [4.69, 9.17) is 0 Å². The molecule has 0 aliphatic heterocycles. The maximum atomic E-state index is 13.1. The van der Waals surface area contributed by atoms with E-state index in [0.29, 0.717) is 22.3 Å². The molecule has 0 unspecified atom stereocenters. The van der Waals surface area contributed by atoms with Gasteiger partial charge in [-0.05, 0) is 70.1 Å². The summed E-state index contributed by atoms with van der Waals surface area (Å²) in [6.07, 6.45) is 0. The highest BCUT2D eigenvalue weighted by atomic mass is 79.9. The van der Waals surface area contributed by atoms with E-state index in [2.05, 4.69) is 31.9 Å². The summed E-state index contributed by atoms with van der Waals surface area (Å²) in [6, 6.07) is 19.0. The molecule has 0 atom stereocenters. The van der Waals surface area contributed by atoms with Gasteiger partial charge in [-0.3, -0.25) is 9.59 Å². The van der Waals surface area contributed by atoms with Gasteiger partial charge in [-0.25, -0.2) is 0 Å². The molecule has 4 heteroatoms. The fourth-order valence-corrected chi connectivity index (χ4v) is 4.34. The molecule has 0 spiro atoms. The molecule has 0 saturated carbocycles. The average molecular weight is 466 g/mol. The standard InChI is InChI=1S/C22H10Br2O2/c23-15-3-1-11-7-17-19(9-13(11)5-15)22(26)20-10-14-6-16(24)4-2-12(14)8-18(20)21(17)25/h1-10H. The summed E-state index contributed by atoms with van der Waals surface area (Å²) in [7, 11) is 0. The molecule has 1 aliphatic rings. The second-order valence-electron chi connectivity index (χ2n) is 6.44. The zero-order chi connectivity index (χ0) is 18.0. The van der Waals surface area contributed by atoms with Crippen LogP contribution in [0.4, 0.5) is 0 Å². The van der Waals surface area contributed by atoms with Crippen molar-refractivity contribution >= 4 is 65.0 Å². The molecule has 0 amide bonds. The molecule has 0 aromatic heterocycles. The van der Waals surface area contributed by atoms with E-state index in [0.717, 1.165) is 30.5 Å². The van der Waals surface area contributed by atoms with E-state index in [1.807, 2.05) is 60.7 Å². The normalized spacial score (nSPS) is 13.2. The first-order valence-electron chi connectivity index (χ1n) is 8.07. The lowest BCUT2D eigenvalue weighted by Crippen LogP contribution is -2.20. The molecule has 4 aromatic carbocycles. The van der Waals surface area contributed by atoms with Crippen LogP contribution in [0.5, 0.6) is 0 Å². The molecule has 124 valence electrons. The first-order chi connectivity index (χ1) is 12.5. The Kier molecular flexibility index (Phi) is 3.43. The van der Waals surface area contributed by atoms with Gasteiger partial charge in [0.2, 0.25) is 0 Å². The van der Waals surface area contributed by atoms with Crippen molar-refractivity contribution in [2.45, 2.75) is 0 Å². The Bertz CT molecular complexity index is 1190. The van der Waals surface area contributed by atoms with Crippen molar-refractivity contribution in [3.63, 3.8) is 0 Å². The molecule has 0 heterocycles. The maximum absolute atomic E-state index is 13.1. The molecule has 0 bridgehead atoms. The topological polar surface area (TPSA) is 34.1 Å². The number of fused-ring (bicyclic) bond motifs is 4. The first kappa shape index (κ1) is 15.9. The number of benzene rings is 4. The largest absolute Gasteiger partial charge is 0.289 e. The minimum absolute atomic E-state index is 0.0933. The molecule has 26 heavy (non-hydrogen) atoms. The monoisotopic (exact) mass is 464 g/mol. The second kappa shape index (κ2) is 5.60. The van der Waals surface area contributed by atoms with Crippen molar-refractivity contribution in [3.05, 3.63) is 91.9 Å². The van der Waals surface area contributed by atoms with Crippen LogP contribution in [0.15, 0.2) is 69.6 Å². The quantitative estimate of drug-likeness (QED) is 0.269. The minimum atomic E-state index is -0.0987. The van der Waals surface area contributed by atoms with Crippen LogP contribution in [0.1, 0.15) is 31.8 Å². The van der Waals surface area contributed by atoms with E-state index in [-0.39, 0.29) is 11.6 Å². The summed E-state index contributed by atoms with van der Waals surface area (Å²) in [6.45, 7) is 0. The lowest BCUT2D eigenvalue weighted by atomic mass is 9.81. The van der Waals surface area contributed by atoms with E-state index in [1.165, 1.54) is 0 Å². The molecular weight excluding hydrogens is 456 g/mol. The van der Waals surface area contributed by atoms with Gasteiger partial charge in [0.15, 0.2) is 11.6 Å². The molecule has 0 N–H and O–H groups in total. The van der Waals surface area contributed by atoms with Crippen LogP contribution >= 0.6 is 31.9 Å². The summed E-state index contributed by atoms with van der Waals surface area (Å²) < 4.78 is 1.88. The van der Waals surface area contributed by atoms with E-state index >= 15 is 0 Å². The predicted molar refractivity (Wildman–Crippen MR) is 110 cm³/mol. The lowest BCUT2D eigenvalue weighted by molar-refractivity contribution is 0.0979. The molecule has 0 fully saturated rings. The van der Waals surface area contributed by atoms with Gasteiger partial charge in [0.05, 0.1) is 0 Å². The fraction of sp³-hybridized carbons (Fsp3) is 0. The van der Waals surface area contributed by atoms with Crippen molar-refractivity contribution in [2.75, 3.05) is 0 Å². The van der Waals surface area contributed by atoms with Gasteiger partial charge in [0.1, 0.15) is 0 Å². The third-order valence-corrected chi connectivity index (χ3v) is 5.84. The summed E-state index contributed by atoms with van der Waals surface area (Å²) >= 11 is 6.92. The van der Waals surface area contributed by atoms with Gasteiger partial charge in [0, 0.05) is 31.2 Å². The van der Waals surface area contributed by atoms with Crippen LogP contribution in [-0.2, 0) is 0 Å². The van der Waals surface area contributed by atoms with Crippen molar-refractivity contribution in [1.82, 2.24) is 0 Å². The zero-order valence-electron chi connectivity index (χ0n) is 13.3. The SMILES string of the molecule is O=C1c2cc3ccc(Br)cc3cc2C(=O)c2cc3cc(Br)ccc3cc21. The van der Waals surface area contributed by atoms with Crippen LogP contribution in [-0.4, -0.2) is 11.6 Å². The highest BCUT2D eigenvalue weighted by molar-refractivity contribution is 9.10. The zero-order valence-corrected chi connectivity index (χ0v) is 16.5. The van der Waals surface area contributed by atoms with Gasteiger partial charge in [-0.1, -0.05) is 44.0 Å². The van der Waals surface area contributed by atoms with Gasteiger partial charge >= 0.3 is 0 Å². The molecule has 0 radical (unpaired) electrons. The highest BCUT2D eigenvalue weighted by Crippen LogP contribution is 2.34. The molecule has 0 saturated heterocycles. The maximum Gasteiger partial charge on any atom is 0.194 e. The Morgan fingerprint density at radius 1 is 0.462 bits per heavy atom. The Morgan fingerprint density at radius 3 is 1.19 bits per heavy atom. The van der Waals surface area contributed by atoms with Gasteiger partial charge < -0.3 is 0 Å². The van der Waals surface area contributed by atoms with Crippen LogP contribution < -0.4 is 0 Å². The van der Waals surface area contributed by atoms with Gasteiger partial charge in [-0.2, -0.15) is 0 Å². The third-order valence-electron chi connectivity index (χ3n) is 4.86. The number of hydrogen-bond donors (Lipinski definition) is 0. The van der Waals surface area contributed by atoms with Crippen LogP contribution in [0, 0.1) is 0 Å². The fourth-order valence-electron chi connectivity index (χ4n) is 3.58. The number of carbonyl (C=O) groups is 2. The average Bonchev–Trinajstić information content (AvgIpc) is 2.63. The number of carbonyl (C=O) groups excluding carboxylic acids is 2. The van der Waals surface area contributed by atoms with Crippen molar-refractivity contribution in [3.8, 4) is 0 Å². The van der Waals surface area contributed by atoms with Crippen molar-refractivity contribution in [1.29, 1.82) is 0 Å². The van der Waals surface area contributed by atoms with Crippen LogP contribution in [0.25, 0.3) is 21.5 Å². The van der Waals surface area contributed by atoms with E-state index in [1.54, 1.807) is 0 Å². The highest BCUT2D eigenvalue weighted by Gasteiger charge is 2.30. The number of halogens is 2. The first-order valence-corrected chi connectivity index (χ1v) is 9.66. The molecule has 1 aliphatic carbocycles. The third kappa shape index (κ3) is 2.29. The predicted octanol–water partition coefficient (Wildman–Crippen LogP) is 6.29. The van der Waals surface area contributed by atoms with Gasteiger partial charge in [0.25, 0.3) is 0 Å². The van der Waals surface area contributed by atoms with Crippen LogP contribution in [0.3, 0.4) is 0 Å². The summed E-state index contributed by atoms with van der Waals surface area (Å²) in [5, 5.41) is 3.76. The Hall–Kier alpha value is -2.30. The van der Waals surface area contributed by atoms with Gasteiger partial charge in [-0.15, -0.1) is 0 Å². The van der Waals surface area contributed by atoms with E-state index in [9.17, 15) is 9.59 Å². The van der Waals surface area contributed by atoms with Crippen molar-refractivity contribution in [2.24, 2.45) is 0 Å². The Labute approximate surface area is 166 Å². The number of rotatable bonds is 0. The molecule has 5 rings (SSSR count). The summed E-state index contributed by atoms with van der Waals surface area (Å²) in [5.74, 6) is -0.192. The number of hydrogen-bond acceptors (Lipinski definition) is 2. The second-order valence-corrected chi connectivity index (χ2v) is 8.27. The van der Waals surface area contributed by atoms with E-state index < -0.39 is 0 Å². The Balaban J connectivity index is 1.81. The van der Waals surface area contributed by atoms with Crippen LogP contribution in [0.2, 0.25) is 0 Å². The molecular formula is C22H10Br2O2. The van der Waals surface area contributed by atoms with Crippen molar-refractivity contribution < 1.29 is 9.59 Å². The number of ketones is 2. The molecule has 2 nitrogen and oxygen atoms in total. The summed E-state index contributed by atoms with van der Waals surface area (Å²) in [4.78, 5) is 26.2. The summed E-state index contributed by atoms with van der Waals surface area (Å²) in [5.41, 5.74) is 1.91. The Morgan fingerprint density at radius 2 is 0.808 bits per heavy atom.